The summed E-state index contributed by atoms with van der Waals surface area (Å²) < 4.78 is 18.4. The molecule has 0 aliphatic heterocycles. The van der Waals surface area contributed by atoms with E-state index in [1.165, 1.54) is 12.1 Å². The van der Waals surface area contributed by atoms with Crippen LogP contribution >= 0.6 is 0 Å². The van der Waals surface area contributed by atoms with Gasteiger partial charge < -0.3 is 9.73 Å². The Labute approximate surface area is 111 Å². The molecule has 3 nitrogen and oxygen atoms in total. The zero-order chi connectivity index (χ0) is 13.8. The number of benzene rings is 1. The largest absolute Gasteiger partial charge is 0.464 e. The number of halogens is 1. The molecule has 4 heteroatoms. The molecule has 1 aromatic carbocycles. The number of rotatable bonds is 4. The van der Waals surface area contributed by atoms with Crippen LogP contribution < -0.4 is 5.32 Å². The Kier molecular flexibility index (Phi) is 4.00. The van der Waals surface area contributed by atoms with Gasteiger partial charge in [-0.25, -0.2) is 4.39 Å². The van der Waals surface area contributed by atoms with Crippen LogP contribution in [0.3, 0.4) is 0 Å². The van der Waals surface area contributed by atoms with Crippen LogP contribution in [0.5, 0.6) is 0 Å². The maximum absolute atomic E-state index is 13.0. The molecule has 1 atom stereocenters. The Bertz CT molecular complexity index is 577. The van der Waals surface area contributed by atoms with Crippen molar-refractivity contribution >= 4 is 5.91 Å². The molecule has 0 spiro atoms. The molecule has 0 saturated carbocycles. The average Bonchev–Trinajstić information content (AvgIpc) is 2.75. The Morgan fingerprint density at radius 3 is 2.79 bits per heavy atom. The topological polar surface area (TPSA) is 42.2 Å². The zero-order valence-corrected chi connectivity index (χ0v) is 10.9. The predicted molar refractivity (Wildman–Crippen MR) is 70.1 cm³/mol. The molecular weight excluding hydrogens is 245 g/mol. The summed E-state index contributed by atoms with van der Waals surface area (Å²) in [5, 5.41) is 2.82. The second kappa shape index (κ2) is 5.69. The lowest BCUT2D eigenvalue weighted by Gasteiger charge is -2.11. The van der Waals surface area contributed by atoms with Crippen molar-refractivity contribution in [3.05, 3.63) is 59.3 Å². The van der Waals surface area contributed by atoms with Crippen molar-refractivity contribution in [2.24, 2.45) is 0 Å². The van der Waals surface area contributed by atoms with Crippen molar-refractivity contribution in [2.45, 2.75) is 26.3 Å². The van der Waals surface area contributed by atoms with Gasteiger partial charge in [0.25, 0.3) is 0 Å². The van der Waals surface area contributed by atoms with E-state index >= 15 is 0 Å². The second-order valence-corrected chi connectivity index (χ2v) is 4.54. The SMILES string of the molecule is Cc1ccc(C(C)NC(=O)Cc2cccc(F)c2)o1. The molecule has 2 rings (SSSR count). The molecule has 0 aliphatic carbocycles. The molecule has 1 heterocycles. The third-order valence-corrected chi connectivity index (χ3v) is 2.82. The minimum absolute atomic E-state index is 0.155. The Morgan fingerprint density at radius 1 is 1.37 bits per heavy atom. The van der Waals surface area contributed by atoms with E-state index in [1.807, 2.05) is 26.0 Å². The van der Waals surface area contributed by atoms with Gasteiger partial charge in [0.1, 0.15) is 17.3 Å². The van der Waals surface area contributed by atoms with E-state index in [-0.39, 0.29) is 24.2 Å². The molecule has 1 aromatic heterocycles. The third-order valence-electron chi connectivity index (χ3n) is 2.82. The van der Waals surface area contributed by atoms with Crippen LogP contribution in [0.15, 0.2) is 40.8 Å². The van der Waals surface area contributed by atoms with E-state index in [1.54, 1.807) is 12.1 Å². The smallest absolute Gasteiger partial charge is 0.225 e. The van der Waals surface area contributed by atoms with E-state index in [0.29, 0.717) is 11.3 Å². The van der Waals surface area contributed by atoms with Crippen molar-refractivity contribution < 1.29 is 13.6 Å². The minimum atomic E-state index is -0.333. The third kappa shape index (κ3) is 3.68. The van der Waals surface area contributed by atoms with Crippen LogP contribution in [0.25, 0.3) is 0 Å². The number of aryl methyl sites for hydroxylation is 1. The number of furan rings is 1. The molecule has 0 bridgehead atoms. The fourth-order valence-corrected chi connectivity index (χ4v) is 1.88. The lowest BCUT2D eigenvalue weighted by molar-refractivity contribution is -0.121. The highest BCUT2D eigenvalue weighted by molar-refractivity contribution is 5.78. The van der Waals surface area contributed by atoms with Gasteiger partial charge in [-0.1, -0.05) is 12.1 Å². The van der Waals surface area contributed by atoms with E-state index in [9.17, 15) is 9.18 Å². The molecule has 2 aromatic rings. The van der Waals surface area contributed by atoms with Gasteiger partial charge in [-0.2, -0.15) is 0 Å². The Balaban J connectivity index is 1.94. The van der Waals surface area contributed by atoms with Gasteiger partial charge in [-0.15, -0.1) is 0 Å². The summed E-state index contributed by atoms with van der Waals surface area (Å²) in [7, 11) is 0. The molecule has 1 unspecified atom stereocenters. The van der Waals surface area contributed by atoms with Crippen LogP contribution in [0.1, 0.15) is 30.0 Å². The number of hydrogen-bond acceptors (Lipinski definition) is 2. The maximum Gasteiger partial charge on any atom is 0.225 e. The number of amides is 1. The number of carbonyl (C=O) groups excluding carboxylic acids is 1. The highest BCUT2D eigenvalue weighted by Gasteiger charge is 2.13. The lowest BCUT2D eigenvalue weighted by Crippen LogP contribution is -2.27. The minimum Gasteiger partial charge on any atom is -0.464 e. The first-order valence-corrected chi connectivity index (χ1v) is 6.15. The standard InChI is InChI=1S/C15H16FNO2/c1-10-6-7-14(19-10)11(2)17-15(18)9-12-4-3-5-13(16)8-12/h3-8,11H,9H2,1-2H3,(H,17,18). The number of nitrogens with one attached hydrogen (secondary N) is 1. The van der Waals surface area contributed by atoms with Crippen LogP contribution in [0.4, 0.5) is 4.39 Å². The van der Waals surface area contributed by atoms with Crippen molar-refractivity contribution in [1.82, 2.24) is 5.32 Å². The Morgan fingerprint density at radius 2 is 2.16 bits per heavy atom. The summed E-state index contributed by atoms with van der Waals surface area (Å²) in [5.74, 6) is 1.03. The predicted octanol–water partition coefficient (Wildman–Crippen LogP) is 3.15. The highest BCUT2D eigenvalue weighted by Crippen LogP contribution is 2.15. The summed E-state index contributed by atoms with van der Waals surface area (Å²) in [6, 6.07) is 9.53. The van der Waals surface area contributed by atoms with Crippen molar-refractivity contribution in [2.75, 3.05) is 0 Å². The molecule has 0 fully saturated rings. The molecule has 0 radical (unpaired) electrons. The summed E-state index contributed by atoms with van der Waals surface area (Å²) in [4.78, 5) is 11.8. The van der Waals surface area contributed by atoms with Crippen LogP contribution in [0.2, 0.25) is 0 Å². The van der Waals surface area contributed by atoms with Crippen LogP contribution in [-0.2, 0) is 11.2 Å². The van der Waals surface area contributed by atoms with Gasteiger partial charge in [-0.3, -0.25) is 4.79 Å². The van der Waals surface area contributed by atoms with Gasteiger partial charge in [-0.05, 0) is 43.7 Å². The quantitative estimate of drug-likeness (QED) is 0.918. The fraction of sp³-hybridized carbons (Fsp3) is 0.267. The number of hydrogen-bond donors (Lipinski definition) is 1. The first kappa shape index (κ1) is 13.3. The van der Waals surface area contributed by atoms with Gasteiger partial charge in [0.15, 0.2) is 0 Å². The summed E-state index contributed by atoms with van der Waals surface area (Å²) in [6.45, 7) is 3.70. The fourth-order valence-electron chi connectivity index (χ4n) is 1.88. The molecule has 100 valence electrons. The van der Waals surface area contributed by atoms with Crippen LogP contribution in [-0.4, -0.2) is 5.91 Å². The van der Waals surface area contributed by atoms with Gasteiger partial charge in [0, 0.05) is 0 Å². The highest BCUT2D eigenvalue weighted by atomic mass is 19.1. The first-order chi connectivity index (χ1) is 9.04. The van der Waals surface area contributed by atoms with Crippen molar-refractivity contribution in [3.63, 3.8) is 0 Å². The maximum atomic E-state index is 13.0. The molecule has 19 heavy (non-hydrogen) atoms. The number of carbonyl (C=O) groups is 1. The Hall–Kier alpha value is -2.10. The van der Waals surface area contributed by atoms with E-state index in [2.05, 4.69) is 5.32 Å². The second-order valence-electron chi connectivity index (χ2n) is 4.54. The van der Waals surface area contributed by atoms with Gasteiger partial charge >= 0.3 is 0 Å². The summed E-state index contributed by atoms with van der Waals surface area (Å²) >= 11 is 0. The first-order valence-electron chi connectivity index (χ1n) is 6.15. The van der Waals surface area contributed by atoms with Gasteiger partial charge in [0.2, 0.25) is 5.91 Å². The average molecular weight is 261 g/mol. The molecule has 1 N–H and O–H groups in total. The van der Waals surface area contributed by atoms with E-state index < -0.39 is 0 Å². The van der Waals surface area contributed by atoms with Gasteiger partial charge in [0.05, 0.1) is 12.5 Å². The molecular formula is C15H16FNO2. The molecule has 0 aliphatic rings. The normalized spacial score (nSPS) is 12.2. The van der Waals surface area contributed by atoms with Crippen molar-refractivity contribution in [1.29, 1.82) is 0 Å². The lowest BCUT2D eigenvalue weighted by atomic mass is 10.1. The summed E-state index contributed by atoms with van der Waals surface area (Å²) in [5.41, 5.74) is 0.653. The van der Waals surface area contributed by atoms with E-state index in [4.69, 9.17) is 4.42 Å². The van der Waals surface area contributed by atoms with Crippen molar-refractivity contribution in [3.8, 4) is 0 Å². The molecule has 0 saturated heterocycles. The summed E-state index contributed by atoms with van der Waals surface area (Å²) in [6.07, 6.45) is 0.155. The zero-order valence-electron chi connectivity index (χ0n) is 10.9. The van der Waals surface area contributed by atoms with Crippen LogP contribution in [0, 0.1) is 12.7 Å². The molecule has 1 amide bonds. The van der Waals surface area contributed by atoms with E-state index in [0.717, 1.165) is 5.76 Å². The monoisotopic (exact) mass is 261 g/mol.